The largest absolute Gasteiger partial charge is 0.494 e. The van der Waals surface area contributed by atoms with E-state index in [0.717, 1.165) is 30.0 Å². The van der Waals surface area contributed by atoms with E-state index in [0.29, 0.717) is 24.2 Å². The molecule has 0 aliphatic rings. The predicted octanol–water partition coefficient (Wildman–Crippen LogP) is 6.27. The van der Waals surface area contributed by atoms with Crippen molar-refractivity contribution < 1.29 is 14.3 Å². The summed E-state index contributed by atoms with van der Waals surface area (Å²) in [6.45, 7) is 3.07. The molecule has 0 unspecified atom stereocenters. The number of unbranched alkanes of at least 4 members (excludes halogenated alkanes) is 3. The molecule has 0 aliphatic carbocycles. The molecule has 0 saturated heterocycles. The predicted molar refractivity (Wildman–Crippen MR) is 143 cm³/mol. The normalized spacial score (nSPS) is 10.4. The van der Waals surface area contributed by atoms with E-state index in [2.05, 4.69) is 22.9 Å². The van der Waals surface area contributed by atoms with Gasteiger partial charge in [0.15, 0.2) is 0 Å². The van der Waals surface area contributed by atoms with Crippen LogP contribution in [0.5, 0.6) is 5.75 Å². The number of anilines is 3. The minimum absolute atomic E-state index is 0.0391. The number of rotatable bonds is 14. The maximum Gasteiger partial charge on any atom is 0.243 e. The molecular weight excluding hydrogens is 438 g/mol. The summed E-state index contributed by atoms with van der Waals surface area (Å²) in [5.74, 6) is 0.646. The van der Waals surface area contributed by atoms with E-state index < -0.39 is 0 Å². The van der Waals surface area contributed by atoms with Gasteiger partial charge >= 0.3 is 0 Å². The fourth-order valence-corrected chi connectivity index (χ4v) is 3.54. The molecule has 0 spiro atoms. The zero-order valence-corrected chi connectivity index (χ0v) is 20.4. The second-order valence-corrected chi connectivity index (χ2v) is 8.45. The standard InChI is InChI=1S/C29H35N3O3/c1-2-3-4-8-21-35-27-18-16-24(17-19-27)30-22-29(34)32-26-14-12-25(13-15-26)31-28(33)20-11-23-9-6-5-7-10-23/h5-7,9-10,12-19,30H,2-4,8,11,20-22H2,1H3,(H,31,33)(H,32,34). The van der Waals surface area contributed by atoms with Crippen LogP contribution in [0.25, 0.3) is 0 Å². The number of nitrogens with one attached hydrogen (secondary N) is 3. The Morgan fingerprint density at radius 2 is 1.34 bits per heavy atom. The van der Waals surface area contributed by atoms with Crippen molar-refractivity contribution in [2.75, 3.05) is 29.1 Å². The molecule has 0 radical (unpaired) electrons. The number of amides is 2. The van der Waals surface area contributed by atoms with Gasteiger partial charge in [0.2, 0.25) is 11.8 Å². The molecule has 0 aromatic heterocycles. The van der Waals surface area contributed by atoms with Gasteiger partial charge in [-0.25, -0.2) is 0 Å². The van der Waals surface area contributed by atoms with Gasteiger partial charge in [-0.05, 0) is 66.9 Å². The van der Waals surface area contributed by atoms with Gasteiger partial charge in [-0.15, -0.1) is 0 Å². The van der Waals surface area contributed by atoms with Gasteiger partial charge in [0.1, 0.15) is 5.75 Å². The second kappa shape index (κ2) is 14.5. The molecule has 35 heavy (non-hydrogen) atoms. The third kappa shape index (κ3) is 9.92. The highest BCUT2D eigenvalue weighted by molar-refractivity contribution is 5.94. The molecule has 3 aromatic rings. The summed E-state index contributed by atoms with van der Waals surface area (Å²) in [6, 6.07) is 24.7. The summed E-state index contributed by atoms with van der Waals surface area (Å²) < 4.78 is 5.75. The molecule has 184 valence electrons. The molecule has 0 aliphatic heterocycles. The first-order chi connectivity index (χ1) is 17.1. The molecule has 6 nitrogen and oxygen atoms in total. The number of hydrogen-bond acceptors (Lipinski definition) is 4. The minimum Gasteiger partial charge on any atom is -0.494 e. The smallest absolute Gasteiger partial charge is 0.243 e. The third-order valence-electron chi connectivity index (χ3n) is 5.51. The lowest BCUT2D eigenvalue weighted by Gasteiger charge is -2.10. The van der Waals surface area contributed by atoms with Crippen molar-refractivity contribution in [2.24, 2.45) is 0 Å². The van der Waals surface area contributed by atoms with E-state index >= 15 is 0 Å². The van der Waals surface area contributed by atoms with Crippen LogP contribution in [0.1, 0.15) is 44.6 Å². The van der Waals surface area contributed by atoms with Gasteiger partial charge < -0.3 is 20.7 Å². The summed E-state index contributed by atoms with van der Waals surface area (Å²) in [4.78, 5) is 24.5. The van der Waals surface area contributed by atoms with Crippen LogP contribution in [0, 0.1) is 0 Å². The summed E-state index contributed by atoms with van der Waals surface area (Å²) in [5, 5.41) is 8.86. The average Bonchev–Trinajstić information content (AvgIpc) is 2.88. The number of carbonyl (C=O) groups excluding carboxylic acids is 2. The van der Waals surface area contributed by atoms with E-state index in [1.165, 1.54) is 19.3 Å². The van der Waals surface area contributed by atoms with Gasteiger partial charge in [0.25, 0.3) is 0 Å². The van der Waals surface area contributed by atoms with Crippen LogP contribution in [0.3, 0.4) is 0 Å². The maximum atomic E-state index is 12.3. The number of benzene rings is 3. The van der Waals surface area contributed by atoms with Crippen LogP contribution in [-0.2, 0) is 16.0 Å². The van der Waals surface area contributed by atoms with Crippen molar-refractivity contribution in [2.45, 2.75) is 45.4 Å². The monoisotopic (exact) mass is 473 g/mol. The SMILES string of the molecule is CCCCCCOc1ccc(NCC(=O)Nc2ccc(NC(=O)CCc3ccccc3)cc2)cc1. The Balaban J connectivity index is 1.35. The van der Waals surface area contributed by atoms with Crippen molar-refractivity contribution in [3.8, 4) is 5.75 Å². The van der Waals surface area contributed by atoms with Crippen LogP contribution in [0.15, 0.2) is 78.9 Å². The van der Waals surface area contributed by atoms with E-state index in [4.69, 9.17) is 4.74 Å². The van der Waals surface area contributed by atoms with Gasteiger partial charge in [-0.2, -0.15) is 0 Å². The molecule has 0 bridgehead atoms. The zero-order valence-electron chi connectivity index (χ0n) is 20.4. The lowest BCUT2D eigenvalue weighted by atomic mass is 10.1. The summed E-state index contributed by atoms with van der Waals surface area (Å²) in [7, 11) is 0. The van der Waals surface area contributed by atoms with Crippen LogP contribution in [-0.4, -0.2) is 25.0 Å². The summed E-state index contributed by atoms with van der Waals surface area (Å²) in [6.07, 6.45) is 5.83. The molecule has 3 aromatic carbocycles. The van der Waals surface area contributed by atoms with Gasteiger partial charge in [-0.3, -0.25) is 9.59 Å². The quantitative estimate of drug-likeness (QED) is 0.241. The third-order valence-corrected chi connectivity index (χ3v) is 5.51. The minimum atomic E-state index is -0.152. The molecule has 2 amide bonds. The first-order valence-corrected chi connectivity index (χ1v) is 12.3. The number of aryl methyl sites for hydroxylation is 1. The molecule has 0 heterocycles. The Morgan fingerprint density at radius 1 is 0.714 bits per heavy atom. The number of ether oxygens (including phenoxy) is 1. The lowest BCUT2D eigenvalue weighted by molar-refractivity contribution is -0.116. The van der Waals surface area contributed by atoms with E-state index in [1.54, 1.807) is 24.3 Å². The van der Waals surface area contributed by atoms with Crippen LogP contribution < -0.4 is 20.7 Å². The van der Waals surface area contributed by atoms with Crippen molar-refractivity contribution in [1.82, 2.24) is 0 Å². The van der Waals surface area contributed by atoms with Crippen molar-refractivity contribution in [1.29, 1.82) is 0 Å². The topological polar surface area (TPSA) is 79.5 Å². The van der Waals surface area contributed by atoms with Crippen molar-refractivity contribution in [3.05, 3.63) is 84.4 Å². The molecule has 3 N–H and O–H groups in total. The first kappa shape index (κ1) is 25.8. The zero-order chi connectivity index (χ0) is 24.7. The highest BCUT2D eigenvalue weighted by Gasteiger charge is 2.06. The number of carbonyl (C=O) groups is 2. The average molecular weight is 474 g/mol. The summed E-state index contributed by atoms with van der Waals surface area (Å²) in [5.41, 5.74) is 3.36. The van der Waals surface area contributed by atoms with Crippen LogP contribution >= 0.6 is 0 Å². The van der Waals surface area contributed by atoms with E-state index in [1.807, 2.05) is 54.6 Å². The van der Waals surface area contributed by atoms with Crippen molar-refractivity contribution in [3.63, 3.8) is 0 Å². The second-order valence-electron chi connectivity index (χ2n) is 8.45. The fraction of sp³-hybridized carbons (Fsp3) is 0.310. The maximum absolute atomic E-state index is 12.3. The lowest BCUT2D eigenvalue weighted by Crippen LogP contribution is -2.21. The van der Waals surface area contributed by atoms with E-state index in [9.17, 15) is 9.59 Å². The molecule has 0 fully saturated rings. The van der Waals surface area contributed by atoms with Crippen molar-refractivity contribution >= 4 is 28.9 Å². The Kier molecular flexibility index (Phi) is 10.7. The fourth-order valence-electron chi connectivity index (χ4n) is 3.54. The Labute approximate surface area is 208 Å². The summed E-state index contributed by atoms with van der Waals surface area (Å²) >= 11 is 0. The number of hydrogen-bond donors (Lipinski definition) is 3. The molecule has 0 saturated carbocycles. The van der Waals surface area contributed by atoms with Gasteiger partial charge in [-0.1, -0.05) is 56.5 Å². The van der Waals surface area contributed by atoms with E-state index in [-0.39, 0.29) is 18.4 Å². The van der Waals surface area contributed by atoms with Gasteiger partial charge in [0.05, 0.1) is 13.2 Å². The molecule has 3 rings (SSSR count). The molecule has 0 atom stereocenters. The molecule has 6 heteroatoms. The highest BCUT2D eigenvalue weighted by Crippen LogP contribution is 2.17. The highest BCUT2D eigenvalue weighted by atomic mass is 16.5. The first-order valence-electron chi connectivity index (χ1n) is 12.3. The van der Waals surface area contributed by atoms with Crippen LogP contribution in [0.4, 0.5) is 17.1 Å². The molecular formula is C29H35N3O3. The van der Waals surface area contributed by atoms with Crippen LogP contribution in [0.2, 0.25) is 0 Å². The Hall–Kier alpha value is -3.80. The van der Waals surface area contributed by atoms with Gasteiger partial charge in [0, 0.05) is 23.5 Å². The Morgan fingerprint density at radius 3 is 2.00 bits per heavy atom. The Bertz CT molecular complexity index is 1040.